The summed E-state index contributed by atoms with van der Waals surface area (Å²) >= 11 is 1.41. The average Bonchev–Trinajstić information content (AvgIpc) is 3.89. The van der Waals surface area contributed by atoms with Crippen molar-refractivity contribution in [2.45, 2.75) is 89.8 Å². The first-order valence-electron chi connectivity index (χ1n) is 22.5. The predicted molar refractivity (Wildman–Crippen MR) is 240 cm³/mol. The molecule has 0 radical (unpaired) electrons. The molecule has 0 aliphatic carbocycles. The number of urea groups is 1. The molecule has 5 aliphatic rings. The molecule has 17 heteroatoms. The number of methoxy groups -OCH3 is 2. The van der Waals surface area contributed by atoms with E-state index in [1.165, 1.54) is 16.3 Å². The van der Waals surface area contributed by atoms with Crippen molar-refractivity contribution in [1.29, 1.82) is 0 Å². The molecular formula is C46H61N9O7S. The standard InChI is InChI=1S/C46H61N9O7S/c1-7-53-37-11-10-29-21-32(37)34(40(53)33-22-31(24-47-38(33)28(2)60-6)52-18-16-51(4)17-19-52)23-46(3)13-20-61-41(42-48-36(29)26-63-42)39(49-45(58)54-15-12-30(54)25-59-5)43(56)55-14-8-9-35(50-55)44(57)62-27-46/h10-11,21-22,24,26,28,30,35,39,41,50H,7-9,12-20,23,25,27H2,1-6H3,(H,49,58)/t28-,30-,35-,39-,41-,46?/m0/s1. The molecule has 3 aromatic heterocycles. The van der Waals surface area contributed by atoms with Crippen molar-refractivity contribution in [3.8, 4) is 22.5 Å². The molecule has 1 aromatic carbocycles. The number of cyclic esters (lactones) is 1. The summed E-state index contributed by atoms with van der Waals surface area (Å²) < 4.78 is 26.9. The Bertz CT molecular complexity index is 2340. The number of benzene rings is 1. The van der Waals surface area contributed by atoms with E-state index in [0.29, 0.717) is 56.9 Å². The molecule has 6 atom stereocenters. The Kier molecular flexibility index (Phi) is 12.5. The van der Waals surface area contributed by atoms with Gasteiger partial charge in [0.25, 0.3) is 5.91 Å². The van der Waals surface area contributed by atoms with Crippen molar-refractivity contribution in [2.75, 3.05) is 85.3 Å². The van der Waals surface area contributed by atoms with Crippen LogP contribution in [0.2, 0.25) is 0 Å². The number of pyridine rings is 1. The molecule has 5 aliphatic heterocycles. The number of amides is 3. The number of fused-ring (bicyclic) bond motifs is 11. The molecule has 8 heterocycles. The lowest BCUT2D eigenvalue weighted by molar-refractivity contribution is -0.155. The van der Waals surface area contributed by atoms with Gasteiger partial charge in [0.1, 0.15) is 23.2 Å². The van der Waals surface area contributed by atoms with Crippen LogP contribution >= 0.6 is 11.3 Å². The van der Waals surface area contributed by atoms with Crippen LogP contribution < -0.4 is 15.6 Å². The number of likely N-dealkylation sites (tertiary alicyclic amines) is 1. The lowest BCUT2D eigenvalue weighted by Gasteiger charge is -2.42. The van der Waals surface area contributed by atoms with E-state index in [4.69, 9.17) is 28.9 Å². The second-order valence-corrected chi connectivity index (χ2v) is 19.0. The molecule has 338 valence electrons. The highest BCUT2D eigenvalue weighted by Crippen LogP contribution is 2.45. The van der Waals surface area contributed by atoms with Crippen molar-refractivity contribution >= 4 is 45.8 Å². The Hall–Kier alpha value is -4.65. The number of piperazine rings is 1. The third-order valence-electron chi connectivity index (χ3n) is 13.8. The topological polar surface area (TPSA) is 156 Å². The van der Waals surface area contributed by atoms with Crippen LogP contribution in [0.1, 0.15) is 74.9 Å². The molecule has 4 aromatic rings. The molecule has 1 unspecified atom stereocenters. The molecule has 3 amide bonds. The Morgan fingerprint density at radius 2 is 1.94 bits per heavy atom. The molecular weight excluding hydrogens is 823 g/mol. The van der Waals surface area contributed by atoms with Crippen molar-refractivity contribution in [2.24, 2.45) is 5.41 Å². The molecule has 4 saturated heterocycles. The molecule has 4 fully saturated rings. The highest BCUT2D eigenvalue weighted by molar-refractivity contribution is 7.10. The molecule has 16 nitrogen and oxygen atoms in total. The number of esters is 1. The van der Waals surface area contributed by atoms with Crippen molar-refractivity contribution in [3.05, 3.63) is 52.1 Å². The first kappa shape index (κ1) is 43.6. The summed E-state index contributed by atoms with van der Waals surface area (Å²) in [5, 5.41) is 8.21. The maximum Gasteiger partial charge on any atom is 0.324 e. The maximum absolute atomic E-state index is 14.8. The summed E-state index contributed by atoms with van der Waals surface area (Å²) in [6, 6.07) is 6.46. The summed E-state index contributed by atoms with van der Waals surface area (Å²) in [5.74, 6) is -0.815. The Morgan fingerprint density at radius 1 is 1.11 bits per heavy atom. The number of anilines is 1. The zero-order valence-electron chi connectivity index (χ0n) is 37.4. The van der Waals surface area contributed by atoms with E-state index in [1.807, 2.05) is 18.5 Å². The van der Waals surface area contributed by atoms with Gasteiger partial charge in [-0.15, -0.1) is 11.3 Å². The Morgan fingerprint density at radius 3 is 2.68 bits per heavy atom. The van der Waals surface area contributed by atoms with Crippen LogP contribution in [0.15, 0.2) is 35.8 Å². The molecule has 9 rings (SSSR count). The van der Waals surface area contributed by atoms with E-state index in [2.05, 4.69) is 70.3 Å². The van der Waals surface area contributed by atoms with Crippen LogP contribution in [-0.4, -0.2) is 146 Å². The van der Waals surface area contributed by atoms with Gasteiger partial charge < -0.3 is 43.5 Å². The monoisotopic (exact) mass is 883 g/mol. The van der Waals surface area contributed by atoms with Gasteiger partial charge in [0, 0.05) is 99.5 Å². The number of ether oxygens (including phenoxy) is 4. The van der Waals surface area contributed by atoms with Crippen LogP contribution in [0.5, 0.6) is 0 Å². The van der Waals surface area contributed by atoms with Gasteiger partial charge in [0.15, 0.2) is 0 Å². The minimum atomic E-state index is -1.14. The molecule has 2 N–H and O–H groups in total. The van der Waals surface area contributed by atoms with Crippen LogP contribution in [0.3, 0.4) is 0 Å². The first-order chi connectivity index (χ1) is 30.5. The highest BCUT2D eigenvalue weighted by Gasteiger charge is 2.44. The number of aromatic nitrogens is 3. The van der Waals surface area contributed by atoms with Crippen LogP contribution in [-0.2, 0) is 41.5 Å². The number of nitrogens with zero attached hydrogens (tertiary/aromatic N) is 7. The number of thiazole rings is 1. The zero-order valence-corrected chi connectivity index (χ0v) is 38.2. The van der Waals surface area contributed by atoms with E-state index < -0.39 is 35.5 Å². The fourth-order valence-electron chi connectivity index (χ4n) is 9.84. The third-order valence-corrected chi connectivity index (χ3v) is 14.7. The highest BCUT2D eigenvalue weighted by atomic mass is 32.1. The quantitative estimate of drug-likeness (QED) is 0.225. The van der Waals surface area contributed by atoms with Crippen molar-refractivity contribution in [1.82, 2.24) is 40.1 Å². The van der Waals surface area contributed by atoms with Gasteiger partial charge in [-0.05, 0) is 76.8 Å². The van der Waals surface area contributed by atoms with Gasteiger partial charge in [0.05, 0.1) is 54.3 Å². The second-order valence-electron chi connectivity index (χ2n) is 18.1. The van der Waals surface area contributed by atoms with E-state index in [-0.39, 0.29) is 31.4 Å². The number of hydrogen-bond donors (Lipinski definition) is 2. The van der Waals surface area contributed by atoms with E-state index >= 15 is 0 Å². The second kappa shape index (κ2) is 18.1. The molecule has 8 bridgehead atoms. The summed E-state index contributed by atoms with van der Waals surface area (Å²) in [6.45, 7) is 12.5. The minimum absolute atomic E-state index is 0.0920. The number of aryl methyl sites for hydroxylation is 1. The number of likely N-dealkylation sites (N-methyl/N-ethyl adjacent to an activating group) is 1. The van der Waals surface area contributed by atoms with Gasteiger partial charge in [-0.25, -0.2) is 15.2 Å². The Labute approximate surface area is 373 Å². The number of nitrogens with one attached hydrogen (secondary N) is 2. The fourth-order valence-corrected chi connectivity index (χ4v) is 10.8. The summed E-state index contributed by atoms with van der Waals surface area (Å²) in [5.41, 5.74) is 10.4. The van der Waals surface area contributed by atoms with Gasteiger partial charge in [0.2, 0.25) is 0 Å². The number of hydrogen-bond acceptors (Lipinski definition) is 13. The predicted octanol–water partition coefficient (Wildman–Crippen LogP) is 5.17. The van der Waals surface area contributed by atoms with Crippen LogP contribution in [0.25, 0.3) is 33.4 Å². The zero-order chi connectivity index (χ0) is 44.0. The summed E-state index contributed by atoms with van der Waals surface area (Å²) in [6.07, 6.45) is 3.70. The Balaban J connectivity index is 1.21. The van der Waals surface area contributed by atoms with E-state index in [9.17, 15) is 14.4 Å². The average molecular weight is 884 g/mol. The number of carbonyl (C=O) groups excluding carboxylic acids is 3. The van der Waals surface area contributed by atoms with Gasteiger partial charge in [-0.1, -0.05) is 13.0 Å². The van der Waals surface area contributed by atoms with Crippen LogP contribution in [0.4, 0.5) is 10.5 Å². The maximum atomic E-state index is 14.8. The van der Waals surface area contributed by atoms with Gasteiger partial charge in [-0.3, -0.25) is 19.6 Å². The third kappa shape index (κ3) is 8.43. The molecule has 0 saturated carbocycles. The fraction of sp³-hybridized carbons (Fsp3) is 0.587. The summed E-state index contributed by atoms with van der Waals surface area (Å²) in [4.78, 5) is 59.6. The number of rotatable bonds is 8. The molecule has 0 spiro atoms. The number of carbonyl (C=O) groups is 3. The number of hydrazine groups is 1. The SMILES string of the molecule is CCn1c(-c2cc(N3CCN(C)CC3)cnc2[C@H](C)OC)c2c3cc(ccc31)-c1csc(n1)[C@H]1OCCC(C)(COC(=O)[C@@H]3CCCN(N3)C(=O)[C@H]1NC(=O)N1CC[C@H]1COC)C2. The lowest BCUT2D eigenvalue weighted by Crippen LogP contribution is -2.64. The van der Waals surface area contributed by atoms with Crippen molar-refractivity contribution < 1.29 is 33.3 Å². The van der Waals surface area contributed by atoms with Crippen LogP contribution in [0, 0.1) is 5.41 Å². The van der Waals surface area contributed by atoms with E-state index in [0.717, 1.165) is 83.0 Å². The van der Waals surface area contributed by atoms with E-state index in [1.54, 1.807) is 19.1 Å². The largest absolute Gasteiger partial charge is 0.464 e. The normalized spacial score (nSPS) is 26.3. The lowest BCUT2D eigenvalue weighted by atomic mass is 9.79. The summed E-state index contributed by atoms with van der Waals surface area (Å²) in [7, 11) is 5.50. The smallest absolute Gasteiger partial charge is 0.324 e. The minimum Gasteiger partial charge on any atom is -0.464 e. The first-order valence-corrected chi connectivity index (χ1v) is 23.4. The van der Waals surface area contributed by atoms with Gasteiger partial charge >= 0.3 is 12.0 Å². The molecule has 63 heavy (non-hydrogen) atoms. The van der Waals surface area contributed by atoms with Crippen molar-refractivity contribution in [3.63, 3.8) is 0 Å². The van der Waals surface area contributed by atoms with Gasteiger partial charge in [-0.2, -0.15) is 0 Å².